The van der Waals surface area contributed by atoms with Crippen LogP contribution in [-0.4, -0.2) is 29.0 Å². The highest BCUT2D eigenvalue weighted by Gasteiger charge is 2.11. The van der Waals surface area contributed by atoms with E-state index in [1.807, 2.05) is 24.5 Å². The molecule has 4 heteroatoms. The maximum atomic E-state index is 5.70. The van der Waals surface area contributed by atoms with Gasteiger partial charge in [-0.05, 0) is 31.5 Å². The molecule has 2 N–H and O–H groups in total. The first kappa shape index (κ1) is 11.9. The van der Waals surface area contributed by atoms with E-state index in [9.17, 15) is 0 Å². The van der Waals surface area contributed by atoms with Crippen molar-refractivity contribution in [2.45, 2.75) is 13.8 Å². The van der Waals surface area contributed by atoms with Gasteiger partial charge in [0.1, 0.15) is 11.5 Å². The van der Waals surface area contributed by atoms with Crippen LogP contribution in [-0.2, 0) is 0 Å². The number of nitrogens with two attached hydrogens (primary N) is 1. The molecule has 2 aromatic rings. The summed E-state index contributed by atoms with van der Waals surface area (Å²) in [7, 11) is 0. The quantitative estimate of drug-likeness (QED) is 0.854. The van der Waals surface area contributed by atoms with E-state index in [1.165, 1.54) is 5.82 Å². The molecule has 2 aromatic heterocycles. The molecule has 2 heterocycles. The number of pyridine rings is 1. The first-order chi connectivity index (χ1) is 8.26. The molecule has 0 amide bonds. The fraction of sp³-hybridized carbons (Fsp3) is 0.462. The molecule has 92 valence electrons. The zero-order valence-electron chi connectivity index (χ0n) is 10.5. The molecule has 0 aromatic carbocycles. The van der Waals surface area contributed by atoms with E-state index >= 15 is 0 Å². The zero-order valence-corrected chi connectivity index (χ0v) is 10.5. The minimum atomic E-state index is 0.494. The first-order valence-corrected chi connectivity index (χ1v) is 6.13. The Morgan fingerprint density at radius 1 is 1.47 bits per heavy atom. The molecule has 1 atom stereocenters. The average Bonchev–Trinajstić information content (AvgIpc) is 2.83. The van der Waals surface area contributed by atoms with Crippen LogP contribution < -0.4 is 10.6 Å². The molecular formula is C13H20N4. The number of fused-ring (bicyclic) bond motifs is 1. The number of nitrogens with zero attached hydrogens (tertiary/aromatic N) is 3. The summed E-state index contributed by atoms with van der Waals surface area (Å²) in [4.78, 5) is 6.65. The van der Waals surface area contributed by atoms with E-state index in [1.54, 1.807) is 0 Å². The molecule has 1 unspecified atom stereocenters. The van der Waals surface area contributed by atoms with E-state index in [0.717, 1.165) is 25.3 Å². The van der Waals surface area contributed by atoms with E-state index in [0.29, 0.717) is 5.92 Å². The third-order valence-electron chi connectivity index (χ3n) is 3.05. The number of anilines is 1. The fourth-order valence-corrected chi connectivity index (χ4v) is 2.03. The lowest BCUT2D eigenvalue weighted by atomic mass is 10.1. The highest BCUT2D eigenvalue weighted by Crippen LogP contribution is 2.17. The van der Waals surface area contributed by atoms with Gasteiger partial charge in [0.05, 0.1) is 0 Å². The summed E-state index contributed by atoms with van der Waals surface area (Å²) in [5.74, 6) is 1.68. The van der Waals surface area contributed by atoms with Gasteiger partial charge < -0.3 is 10.6 Å². The van der Waals surface area contributed by atoms with Crippen LogP contribution >= 0.6 is 0 Å². The number of rotatable bonds is 5. The van der Waals surface area contributed by atoms with Gasteiger partial charge in [-0.1, -0.05) is 13.0 Å². The minimum absolute atomic E-state index is 0.494. The van der Waals surface area contributed by atoms with Gasteiger partial charge in [0.2, 0.25) is 0 Å². The Morgan fingerprint density at radius 3 is 3.00 bits per heavy atom. The van der Waals surface area contributed by atoms with Gasteiger partial charge >= 0.3 is 0 Å². The van der Waals surface area contributed by atoms with Crippen LogP contribution in [0.5, 0.6) is 0 Å². The molecule has 0 aliphatic carbocycles. The average molecular weight is 232 g/mol. The Balaban J connectivity index is 2.32. The lowest BCUT2D eigenvalue weighted by molar-refractivity contribution is 0.572. The second-order valence-electron chi connectivity index (χ2n) is 4.42. The summed E-state index contributed by atoms with van der Waals surface area (Å²) in [6.45, 7) is 7.01. The van der Waals surface area contributed by atoms with Gasteiger partial charge in [0.25, 0.3) is 0 Å². The molecule has 0 saturated heterocycles. The maximum Gasteiger partial charge on any atom is 0.138 e. The molecule has 0 aliphatic heterocycles. The molecule has 0 radical (unpaired) electrons. The fourth-order valence-electron chi connectivity index (χ4n) is 2.03. The second kappa shape index (κ2) is 5.19. The Hall–Kier alpha value is -1.55. The topological polar surface area (TPSA) is 46.6 Å². The summed E-state index contributed by atoms with van der Waals surface area (Å²) in [6.07, 6.45) is 3.83. The summed E-state index contributed by atoms with van der Waals surface area (Å²) in [6, 6.07) is 6.19. The van der Waals surface area contributed by atoms with Crippen molar-refractivity contribution in [3.05, 3.63) is 30.6 Å². The highest BCUT2D eigenvalue weighted by atomic mass is 15.2. The van der Waals surface area contributed by atoms with E-state index in [2.05, 4.69) is 34.2 Å². The number of hydrogen-bond donors (Lipinski definition) is 1. The second-order valence-corrected chi connectivity index (χ2v) is 4.42. The minimum Gasteiger partial charge on any atom is -0.358 e. The van der Waals surface area contributed by atoms with Gasteiger partial charge in [-0.15, -0.1) is 0 Å². The monoisotopic (exact) mass is 232 g/mol. The van der Waals surface area contributed by atoms with Crippen molar-refractivity contribution in [1.29, 1.82) is 0 Å². The van der Waals surface area contributed by atoms with E-state index in [-0.39, 0.29) is 0 Å². The molecule has 0 spiro atoms. The summed E-state index contributed by atoms with van der Waals surface area (Å²) in [5.41, 5.74) is 6.69. The van der Waals surface area contributed by atoms with Crippen molar-refractivity contribution in [2.24, 2.45) is 11.7 Å². The van der Waals surface area contributed by atoms with Gasteiger partial charge in [-0.25, -0.2) is 4.98 Å². The van der Waals surface area contributed by atoms with Crippen molar-refractivity contribution in [3.8, 4) is 0 Å². The Labute approximate surface area is 102 Å². The SMILES string of the molecule is CCN(CC(C)CN)c1cccc2nccn12. The Morgan fingerprint density at radius 2 is 2.29 bits per heavy atom. The normalized spacial score (nSPS) is 12.9. The number of hydrogen-bond acceptors (Lipinski definition) is 3. The van der Waals surface area contributed by atoms with Crippen molar-refractivity contribution in [3.63, 3.8) is 0 Å². The lowest BCUT2D eigenvalue weighted by Crippen LogP contribution is -2.32. The first-order valence-electron chi connectivity index (χ1n) is 6.13. The smallest absolute Gasteiger partial charge is 0.138 e. The maximum absolute atomic E-state index is 5.70. The summed E-state index contributed by atoms with van der Waals surface area (Å²) >= 11 is 0. The molecule has 0 saturated carbocycles. The van der Waals surface area contributed by atoms with E-state index < -0.39 is 0 Å². The van der Waals surface area contributed by atoms with Gasteiger partial charge in [-0.2, -0.15) is 0 Å². The molecular weight excluding hydrogens is 212 g/mol. The number of imidazole rings is 1. The van der Waals surface area contributed by atoms with E-state index in [4.69, 9.17) is 5.73 Å². The van der Waals surface area contributed by atoms with Crippen LogP contribution in [0.25, 0.3) is 5.65 Å². The molecule has 17 heavy (non-hydrogen) atoms. The third kappa shape index (κ3) is 2.42. The highest BCUT2D eigenvalue weighted by molar-refractivity contribution is 5.51. The van der Waals surface area contributed by atoms with Gasteiger partial charge in [0, 0.05) is 25.5 Å². The molecule has 4 nitrogen and oxygen atoms in total. The Kier molecular flexibility index (Phi) is 3.64. The molecule has 0 fully saturated rings. The van der Waals surface area contributed by atoms with Gasteiger partial charge in [0.15, 0.2) is 0 Å². The van der Waals surface area contributed by atoms with Crippen LogP contribution in [0.2, 0.25) is 0 Å². The predicted octanol–water partition coefficient (Wildman–Crippen LogP) is 1.76. The lowest BCUT2D eigenvalue weighted by Gasteiger charge is -2.26. The standard InChI is InChI=1S/C13H20N4/c1-3-16(10-11(2)9-14)13-6-4-5-12-15-7-8-17(12)13/h4-8,11H,3,9-10,14H2,1-2H3. The van der Waals surface area contributed by atoms with Crippen LogP contribution in [0.1, 0.15) is 13.8 Å². The van der Waals surface area contributed by atoms with Crippen LogP contribution in [0, 0.1) is 5.92 Å². The molecule has 0 aliphatic rings. The van der Waals surface area contributed by atoms with Crippen LogP contribution in [0.4, 0.5) is 5.82 Å². The predicted molar refractivity (Wildman–Crippen MR) is 71.3 cm³/mol. The van der Waals surface area contributed by atoms with Crippen molar-refractivity contribution in [1.82, 2.24) is 9.38 Å². The largest absolute Gasteiger partial charge is 0.358 e. The number of aromatic nitrogens is 2. The molecule has 0 bridgehead atoms. The van der Waals surface area contributed by atoms with Gasteiger partial charge in [-0.3, -0.25) is 4.40 Å². The van der Waals surface area contributed by atoms with Crippen molar-refractivity contribution >= 4 is 11.5 Å². The van der Waals surface area contributed by atoms with Crippen molar-refractivity contribution in [2.75, 3.05) is 24.5 Å². The summed E-state index contributed by atoms with van der Waals surface area (Å²) < 4.78 is 2.12. The summed E-state index contributed by atoms with van der Waals surface area (Å²) in [5, 5.41) is 0. The molecule has 2 rings (SSSR count). The zero-order chi connectivity index (χ0) is 12.3. The van der Waals surface area contributed by atoms with Crippen LogP contribution in [0.15, 0.2) is 30.6 Å². The van der Waals surface area contributed by atoms with Crippen molar-refractivity contribution < 1.29 is 0 Å². The third-order valence-corrected chi connectivity index (χ3v) is 3.05. The Bertz CT molecular complexity index is 477. The van der Waals surface area contributed by atoms with Crippen LogP contribution in [0.3, 0.4) is 0 Å².